The second-order valence-electron chi connectivity index (χ2n) is 3.05. The summed E-state index contributed by atoms with van der Waals surface area (Å²) in [6.45, 7) is 1.27. The summed E-state index contributed by atoms with van der Waals surface area (Å²) in [5.74, 6) is 0.571. The van der Waals surface area contributed by atoms with Gasteiger partial charge in [0, 0.05) is 23.7 Å². The van der Waals surface area contributed by atoms with E-state index in [0.717, 1.165) is 10.7 Å². The van der Waals surface area contributed by atoms with E-state index < -0.39 is 0 Å². The summed E-state index contributed by atoms with van der Waals surface area (Å²) in [6, 6.07) is 9.08. The molecule has 0 spiro atoms. The molecular weight excluding hydrogens is 338 g/mol. The molecule has 1 amide bonds. The first-order valence-corrected chi connectivity index (χ1v) is 7.16. The first kappa shape index (κ1) is 13.5. The van der Waals surface area contributed by atoms with Gasteiger partial charge >= 0.3 is 6.09 Å². The summed E-state index contributed by atoms with van der Waals surface area (Å²) in [5.41, 5.74) is 0. The molecule has 0 unspecified atom stereocenters. The maximum Gasteiger partial charge on any atom is 0.415 e. The van der Waals surface area contributed by atoms with Crippen molar-refractivity contribution in [1.82, 2.24) is 4.90 Å². The third kappa shape index (κ3) is 4.53. The van der Waals surface area contributed by atoms with Gasteiger partial charge in [-0.2, -0.15) is 0 Å². The number of benzene rings is 1. The predicted octanol–water partition coefficient (Wildman–Crippen LogP) is 3.28. The number of rotatable bonds is 5. The molecule has 0 saturated carbocycles. The molecule has 0 radical (unpaired) electrons. The Balaban J connectivity index is 2.55. The van der Waals surface area contributed by atoms with Gasteiger partial charge in [-0.25, -0.2) is 4.79 Å². The SMILES string of the molecule is O=C(Oc1ccccc1)N(CCBr)CCBr. The van der Waals surface area contributed by atoms with E-state index in [1.165, 1.54) is 0 Å². The molecule has 0 N–H and O–H groups in total. The third-order valence-corrected chi connectivity index (χ3v) is 2.62. The van der Waals surface area contributed by atoms with Crippen LogP contribution in [-0.4, -0.2) is 34.7 Å². The minimum atomic E-state index is -0.315. The van der Waals surface area contributed by atoms with Crippen LogP contribution in [0, 0.1) is 0 Å². The highest BCUT2D eigenvalue weighted by Crippen LogP contribution is 2.10. The predicted molar refractivity (Wildman–Crippen MR) is 71.6 cm³/mol. The highest BCUT2D eigenvalue weighted by atomic mass is 79.9. The summed E-state index contributed by atoms with van der Waals surface area (Å²) in [4.78, 5) is 13.4. The minimum Gasteiger partial charge on any atom is -0.410 e. The molecule has 5 heteroatoms. The Morgan fingerprint density at radius 3 is 2.19 bits per heavy atom. The monoisotopic (exact) mass is 349 g/mol. The van der Waals surface area contributed by atoms with Gasteiger partial charge in [-0.15, -0.1) is 0 Å². The second-order valence-corrected chi connectivity index (χ2v) is 4.63. The summed E-state index contributed by atoms with van der Waals surface area (Å²) in [7, 11) is 0. The number of nitrogens with zero attached hydrogens (tertiary/aromatic N) is 1. The Hall–Kier alpha value is -0.550. The van der Waals surface area contributed by atoms with Crippen molar-refractivity contribution in [2.45, 2.75) is 0 Å². The van der Waals surface area contributed by atoms with E-state index in [1.54, 1.807) is 17.0 Å². The molecule has 0 saturated heterocycles. The largest absolute Gasteiger partial charge is 0.415 e. The van der Waals surface area contributed by atoms with E-state index in [4.69, 9.17) is 4.74 Å². The molecule has 0 aliphatic rings. The lowest BCUT2D eigenvalue weighted by molar-refractivity contribution is 0.158. The zero-order chi connectivity index (χ0) is 11.8. The molecule has 0 aliphatic carbocycles. The van der Waals surface area contributed by atoms with Crippen LogP contribution in [0.4, 0.5) is 4.79 Å². The summed E-state index contributed by atoms with van der Waals surface area (Å²) in [5, 5.41) is 1.48. The van der Waals surface area contributed by atoms with Gasteiger partial charge in [0.05, 0.1) is 0 Å². The van der Waals surface area contributed by atoms with Gasteiger partial charge in [-0.1, -0.05) is 50.1 Å². The molecule has 0 heterocycles. The first-order valence-electron chi connectivity index (χ1n) is 4.91. The Labute approximate surface area is 112 Å². The van der Waals surface area contributed by atoms with E-state index >= 15 is 0 Å². The highest BCUT2D eigenvalue weighted by molar-refractivity contribution is 9.09. The zero-order valence-electron chi connectivity index (χ0n) is 8.73. The van der Waals surface area contributed by atoms with Crippen LogP contribution in [0.2, 0.25) is 0 Å². The molecule has 1 aromatic rings. The fourth-order valence-electron chi connectivity index (χ4n) is 1.15. The van der Waals surface area contributed by atoms with E-state index in [1.807, 2.05) is 18.2 Å². The lowest BCUT2D eigenvalue weighted by atomic mass is 10.3. The Kier molecular flexibility index (Phi) is 6.49. The van der Waals surface area contributed by atoms with Crippen molar-refractivity contribution in [3.63, 3.8) is 0 Å². The summed E-state index contributed by atoms with van der Waals surface area (Å²) >= 11 is 6.62. The highest BCUT2D eigenvalue weighted by Gasteiger charge is 2.13. The van der Waals surface area contributed by atoms with Crippen molar-refractivity contribution in [3.05, 3.63) is 30.3 Å². The van der Waals surface area contributed by atoms with Crippen LogP contribution in [0.3, 0.4) is 0 Å². The molecule has 0 aromatic heterocycles. The van der Waals surface area contributed by atoms with Crippen LogP contribution < -0.4 is 4.74 Å². The topological polar surface area (TPSA) is 29.5 Å². The average Bonchev–Trinajstić information content (AvgIpc) is 2.30. The normalized spacial score (nSPS) is 9.88. The fourth-order valence-corrected chi connectivity index (χ4v) is 2.01. The molecule has 16 heavy (non-hydrogen) atoms. The van der Waals surface area contributed by atoms with E-state index in [0.29, 0.717) is 18.8 Å². The molecule has 0 atom stereocenters. The molecular formula is C11H13Br2NO2. The van der Waals surface area contributed by atoms with Crippen LogP contribution in [-0.2, 0) is 0 Å². The number of alkyl halides is 2. The number of carbonyl (C=O) groups excluding carboxylic acids is 1. The maximum atomic E-state index is 11.8. The minimum absolute atomic E-state index is 0.315. The fraction of sp³-hybridized carbons (Fsp3) is 0.364. The van der Waals surface area contributed by atoms with Gasteiger partial charge in [0.15, 0.2) is 0 Å². The third-order valence-electron chi connectivity index (χ3n) is 1.92. The molecule has 0 fully saturated rings. The number of para-hydroxylation sites is 1. The number of ether oxygens (including phenoxy) is 1. The van der Waals surface area contributed by atoms with Gasteiger partial charge in [0.1, 0.15) is 5.75 Å². The van der Waals surface area contributed by atoms with Gasteiger partial charge in [0.25, 0.3) is 0 Å². The van der Waals surface area contributed by atoms with Crippen molar-refractivity contribution in [1.29, 1.82) is 0 Å². The molecule has 88 valence electrons. The molecule has 0 bridgehead atoms. The van der Waals surface area contributed by atoms with Gasteiger partial charge in [-0.3, -0.25) is 0 Å². The van der Waals surface area contributed by atoms with Crippen LogP contribution in [0.1, 0.15) is 0 Å². The zero-order valence-corrected chi connectivity index (χ0v) is 11.9. The van der Waals surface area contributed by atoms with Crippen molar-refractivity contribution in [2.75, 3.05) is 23.7 Å². The second kappa shape index (κ2) is 7.68. The Morgan fingerprint density at radius 2 is 1.69 bits per heavy atom. The van der Waals surface area contributed by atoms with Gasteiger partial charge < -0.3 is 9.64 Å². The molecule has 3 nitrogen and oxygen atoms in total. The molecule has 0 aliphatic heterocycles. The van der Waals surface area contributed by atoms with Crippen molar-refractivity contribution >= 4 is 38.0 Å². The Bertz CT molecular complexity index is 313. The molecule has 1 rings (SSSR count). The van der Waals surface area contributed by atoms with E-state index in [9.17, 15) is 4.79 Å². The number of hydrogen-bond donors (Lipinski definition) is 0. The van der Waals surface area contributed by atoms with Crippen LogP contribution in [0.25, 0.3) is 0 Å². The van der Waals surface area contributed by atoms with E-state index in [-0.39, 0.29) is 6.09 Å². The molecule has 1 aromatic carbocycles. The summed E-state index contributed by atoms with van der Waals surface area (Å²) in [6.07, 6.45) is -0.315. The maximum absolute atomic E-state index is 11.8. The first-order chi connectivity index (χ1) is 7.77. The van der Waals surface area contributed by atoms with Crippen molar-refractivity contribution < 1.29 is 9.53 Å². The van der Waals surface area contributed by atoms with Crippen molar-refractivity contribution in [2.24, 2.45) is 0 Å². The number of halogens is 2. The van der Waals surface area contributed by atoms with Crippen LogP contribution in [0.15, 0.2) is 30.3 Å². The lowest BCUT2D eigenvalue weighted by Gasteiger charge is -2.19. The van der Waals surface area contributed by atoms with Crippen molar-refractivity contribution in [3.8, 4) is 5.75 Å². The lowest BCUT2D eigenvalue weighted by Crippen LogP contribution is -2.36. The van der Waals surface area contributed by atoms with Crippen LogP contribution in [0.5, 0.6) is 5.75 Å². The standard InChI is InChI=1S/C11H13Br2NO2/c12-6-8-14(9-7-13)11(15)16-10-4-2-1-3-5-10/h1-5H,6-9H2. The quantitative estimate of drug-likeness (QED) is 0.763. The number of amides is 1. The van der Waals surface area contributed by atoms with E-state index in [2.05, 4.69) is 31.9 Å². The number of carbonyl (C=O) groups is 1. The van der Waals surface area contributed by atoms with Crippen LogP contribution >= 0.6 is 31.9 Å². The number of hydrogen-bond acceptors (Lipinski definition) is 2. The summed E-state index contributed by atoms with van der Waals surface area (Å²) < 4.78 is 5.23. The smallest absolute Gasteiger partial charge is 0.410 e. The average molecular weight is 351 g/mol. The van der Waals surface area contributed by atoms with Gasteiger partial charge in [-0.05, 0) is 12.1 Å². The Morgan fingerprint density at radius 1 is 1.12 bits per heavy atom. The van der Waals surface area contributed by atoms with Gasteiger partial charge in [0.2, 0.25) is 0 Å².